The van der Waals surface area contributed by atoms with Crippen LogP contribution in [0.5, 0.6) is 5.75 Å². The van der Waals surface area contributed by atoms with Crippen molar-refractivity contribution in [3.05, 3.63) is 42.0 Å². The predicted molar refractivity (Wildman–Crippen MR) is 80.1 cm³/mol. The van der Waals surface area contributed by atoms with Crippen molar-refractivity contribution in [1.29, 1.82) is 0 Å². The Morgan fingerprint density at radius 1 is 1.32 bits per heavy atom. The molecule has 0 saturated carbocycles. The predicted octanol–water partition coefficient (Wildman–Crippen LogP) is 4.02. The lowest BCUT2D eigenvalue weighted by molar-refractivity contribution is 0.412. The summed E-state index contributed by atoms with van der Waals surface area (Å²) < 4.78 is 7.48. The van der Waals surface area contributed by atoms with Gasteiger partial charge in [0.15, 0.2) is 0 Å². The van der Waals surface area contributed by atoms with Crippen LogP contribution in [0.4, 0.5) is 0 Å². The SMILES string of the molecule is C.COc1cc(CC(C)C)ccc1-n1cnc(C)c1. The lowest BCUT2D eigenvalue weighted by Gasteiger charge is -2.12. The molecule has 0 radical (unpaired) electrons. The second-order valence-corrected chi connectivity index (χ2v) is 5.03. The molecule has 0 unspecified atom stereocenters. The van der Waals surface area contributed by atoms with Gasteiger partial charge in [-0.25, -0.2) is 4.98 Å². The topological polar surface area (TPSA) is 27.1 Å². The monoisotopic (exact) mass is 260 g/mol. The maximum absolute atomic E-state index is 5.48. The average Bonchev–Trinajstić information content (AvgIpc) is 2.74. The second kappa shape index (κ2) is 6.41. The molecule has 0 spiro atoms. The highest BCUT2D eigenvalue weighted by Crippen LogP contribution is 2.25. The molecule has 1 aromatic carbocycles. The number of aromatic nitrogens is 2. The number of benzene rings is 1. The van der Waals surface area contributed by atoms with Crippen molar-refractivity contribution in [3.63, 3.8) is 0 Å². The number of hydrogen-bond acceptors (Lipinski definition) is 2. The molecular weight excluding hydrogens is 236 g/mol. The minimum atomic E-state index is 0. The first-order valence-electron chi connectivity index (χ1n) is 6.28. The first kappa shape index (κ1) is 15.3. The summed E-state index contributed by atoms with van der Waals surface area (Å²) in [6.07, 6.45) is 4.88. The van der Waals surface area contributed by atoms with Crippen LogP contribution in [0.3, 0.4) is 0 Å². The van der Waals surface area contributed by atoms with Gasteiger partial charge >= 0.3 is 0 Å². The van der Waals surface area contributed by atoms with Crippen molar-refractivity contribution >= 4 is 0 Å². The minimum absolute atomic E-state index is 0. The molecule has 1 aromatic heterocycles. The van der Waals surface area contributed by atoms with Crippen molar-refractivity contribution in [1.82, 2.24) is 9.55 Å². The van der Waals surface area contributed by atoms with E-state index in [1.54, 1.807) is 7.11 Å². The molecule has 0 aliphatic rings. The van der Waals surface area contributed by atoms with Gasteiger partial charge in [0.1, 0.15) is 5.75 Å². The lowest BCUT2D eigenvalue weighted by atomic mass is 10.0. The summed E-state index contributed by atoms with van der Waals surface area (Å²) in [5.41, 5.74) is 3.34. The van der Waals surface area contributed by atoms with E-state index in [1.165, 1.54) is 5.56 Å². The summed E-state index contributed by atoms with van der Waals surface area (Å²) >= 11 is 0. The largest absolute Gasteiger partial charge is 0.495 e. The molecule has 0 saturated heterocycles. The quantitative estimate of drug-likeness (QED) is 0.830. The van der Waals surface area contributed by atoms with Crippen LogP contribution in [0.25, 0.3) is 5.69 Å². The molecule has 0 aliphatic heterocycles. The smallest absolute Gasteiger partial charge is 0.143 e. The zero-order chi connectivity index (χ0) is 13.1. The summed E-state index contributed by atoms with van der Waals surface area (Å²) in [6, 6.07) is 6.37. The highest BCUT2D eigenvalue weighted by atomic mass is 16.5. The van der Waals surface area contributed by atoms with Crippen LogP contribution in [0.2, 0.25) is 0 Å². The molecule has 0 amide bonds. The van der Waals surface area contributed by atoms with Crippen LogP contribution in [-0.2, 0) is 6.42 Å². The van der Waals surface area contributed by atoms with Crippen LogP contribution >= 0.6 is 0 Å². The van der Waals surface area contributed by atoms with Crippen LogP contribution in [-0.4, -0.2) is 16.7 Å². The Balaban J connectivity index is 0.00000180. The maximum atomic E-state index is 5.48. The highest BCUT2D eigenvalue weighted by molar-refractivity contribution is 5.49. The fourth-order valence-electron chi connectivity index (χ4n) is 2.09. The summed E-state index contributed by atoms with van der Waals surface area (Å²) in [7, 11) is 1.71. The van der Waals surface area contributed by atoms with E-state index >= 15 is 0 Å². The molecule has 0 aliphatic carbocycles. The normalized spacial score (nSPS) is 10.4. The van der Waals surface area contributed by atoms with Crippen LogP contribution in [0.1, 0.15) is 32.5 Å². The van der Waals surface area contributed by atoms with Crippen molar-refractivity contribution in [2.24, 2.45) is 5.92 Å². The Labute approximate surface area is 116 Å². The molecule has 0 N–H and O–H groups in total. The zero-order valence-corrected chi connectivity index (χ0v) is 11.5. The molecule has 19 heavy (non-hydrogen) atoms. The Morgan fingerprint density at radius 2 is 2.05 bits per heavy atom. The summed E-state index contributed by atoms with van der Waals surface area (Å²) in [5.74, 6) is 1.54. The third kappa shape index (κ3) is 3.60. The maximum Gasteiger partial charge on any atom is 0.143 e. The molecule has 0 bridgehead atoms. The first-order chi connectivity index (χ1) is 8.60. The molecule has 0 atom stereocenters. The van der Waals surface area contributed by atoms with E-state index in [-0.39, 0.29) is 7.43 Å². The molecule has 0 fully saturated rings. The molecule has 2 aromatic rings. The Bertz CT molecular complexity index is 529. The number of imidazole rings is 1. The van der Waals surface area contributed by atoms with E-state index < -0.39 is 0 Å². The fourth-order valence-corrected chi connectivity index (χ4v) is 2.09. The molecule has 3 heteroatoms. The summed E-state index contributed by atoms with van der Waals surface area (Å²) in [6.45, 7) is 6.43. The third-order valence-electron chi connectivity index (χ3n) is 2.88. The van der Waals surface area contributed by atoms with E-state index in [1.807, 2.05) is 24.0 Å². The number of nitrogens with zero attached hydrogens (tertiary/aromatic N) is 2. The van der Waals surface area contributed by atoms with E-state index in [0.717, 1.165) is 23.6 Å². The van der Waals surface area contributed by atoms with Gasteiger partial charge in [-0.3, -0.25) is 0 Å². The van der Waals surface area contributed by atoms with Crippen molar-refractivity contribution in [2.45, 2.75) is 34.6 Å². The van der Waals surface area contributed by atoms with Crippen molar-refractivity contribution < 1.29 is 4.74 Å². The van der Waals surface area contributed by atoms with Crippen LogP contribution in [0, 0.1) is 12.8 Å². The number of ether oxygens (including phenoxy) is 1. The first-order valence-corrected chi connectivity index (χ1v) is 6.28. The number of hydrogen-bond donors (Lipinski definition) is 0. The van der Waals surface area contributed by atoms with Gasteiger partial charge < -0.3 is 9.30 Å². The average molecular weight is 260 g/mol. The van der Waals surface area contributed by atoms with Gasteiger partial charge in [0.2, 0.25) is 0 Å². The van der Waals surface area contributed by atoms with E-state index in [0.29, 0.717) is 5.92 Å². The standard InChI is InChI=1S/C15H20N2O.CH4/c1-11(2)7-13-5-6-14(15(8-13)18-4)17-9-12(3)16-10-17;/h5-6,8-11H,7H2,1-4H3;1H4. The van der Waals surface area contributed by atoms with Gasteiger partial charge in [-0.15, -0.1) is 0 Å². The minimum Gasteiger partial charge on any atom is -0.495 e. The number of aryl methyl sites for hydroxylation is 1. The Hall–Kier alpha value is -1.77. The molecule has 104 valence electrons. The van der Waals surface area contributed by atoms with Gasteiger partial charge in [-0.1, -0.05) is 27.3 Å². The van der Waals surface area contributed by atoms with E-state index in [4.69, 9.17) is 4.74 Å². The third-order valence-corrected chi connectivity index (χ3v) is 2.88. The molecule has 2 rings (SSSR count). The zero-order valence-electron chi connectivity index (χ0n) is 11.5. The number of methoxy groups -OCH3 is 1. The fraction of sp³-hybridized carbons (Fsp3) is 0.438. The summed E-state index contributed by atoms with van der Waals surface area (Å²) in [5, 5.41) is 0. The van der Waals surface area contributed by atoms with Crippen molar-refractivity contribution in [3.8, 4) is 11.4 Å². The van der Waals surface area contributed by atoms with Gasteiger partial charge in [-0.05, 0) is 37.0 Å². The molecule has 1 heterocycles. The van der Waals surface area contributed by atoms with E-state index in [9.17, 15) is 0 Å². The Morgan fingerprint density at radius 3 is 2.58 bits per heavy atom. The van der Waals surface area contributed by atoms with E-state index in [2.05, 4.69) is 37.0 Å². The lowest BCUT2D eigenvalue weighted by Crippen LogP contribution is -1.99. The highest BCUT2D eigenvalue weighted by Gasteiger charge is 2.08. The van der Waals surface area contributed by atoms with Gasteiger partial charge in [0.25, 0.3) is 0 Å². The Kier molecular flexibility index (Phi) is 5.16. The van der Waals surface area contributed by atoms with Gasteiger partial charge in [0.05, 0.1) is 24.8 Å². The van der Waals surface area contributed by atoms with Crippen molar-refractivity contribution in [2.75, 3.05) is 7.11 Å². The van der Waals surface area contributed by atoms with Crippen LogP contribution in [0.15, 0.2) is 30.7 Å². The van der Waals surface area contributed by atoms with Gasteiger partial charge in [0, 0.05) is 6.20 Å². The van der Waals surface area contributed by atoms with Gasteiger partial charge in [-0.2, -0.15) is 0 Å². The molecular formula is C16H24N2O. The number of rotatable bonds is 4. The van der Waals surface area contributed by atoms with Crippen LogP contribution < -0.4 is 4.74 Å². The second-order valence-electron chi connectivity index (χ2n) is 5.03. The molecule has 3 nitrogen and oxygen atoms in total. The summed E-state index contributed by atoms with van der Waals surface area (Å²) in [4.78, 5) is 4.25.